The van der Waals surface area contributed by atoms with Crippen LogP contribution in [-0.4, -0.2) is 30.6 Å². The highest BCUT2D eigenvalue weighted by Crippen LogP contribution is 2.21. The summed E-state index contributed by atoms with van der Waals surface area (Å²) in [5.74, 6) is 0. The van der Waals surface area contributed by atoms with Gasteiger partial charge in [-0.15, -0.1) is 0 Å². The Balaban J connectivity index is 1.94. The Labute approximate surface area is 116 Å². The first-order valence-corrected chi connectivity index (χ1v) is 7.22. The van der Waals surface area contributed by atoms with Crippen LogP contribution in [0.15, 0.2) is 18.2 Å². The first-order valence-electron chi connectivity index (χ1n) is 7.22. The topological polar surface area (TPSA) is 39.1 Å². The summed E-state index contributed by atoms with van der Waals surface area (Å²) in [6.45, 7) is 7.91. The maximum atomic E-state index is 8.97. The number of nitriles is 1. The lowest BCUT2D eigenvalue weighted by Gasteiger charge is -2.33. The van der Waals surface area contributed by atoms with Crippen LogP contribution in [0.1, 0.15) is 37.3 Å². The molecule has 3 heteroatoms. The van der Waals surface area contributed by atoms with Gasteiger partial charge in [0.1, 0.15) is 0 Å². The molecule has 0 unspecified atom stereocenters. The van der Waals surface area contributed by atoms with Crippen molar-refractivity contribution in [1.82, 2.24) is 4.90 Å². The van der Waals surface area contributed by atoms with Gasteiger partial charge in [0.25, 0.3) is 0 Å². The van der Waals surface area contributed by atoms with Gasteiger partial charge >= 0.3 is 0 Å². The maximum Gasteiger partial charge on any atom is 0.0992 e. The highest BCUT2D eigenvalue weighted by molar-refractivity contribution is 5.55. The van der Waals surface area contributed by atoms with E-state index in [0.717, 1.165) is 11.3 Å². The number of nitrogens with zero attached hydrogens (tertiary/aromatic N) is 2. The minimum Gasteiger partial charge on any atom is -0.382 e. The lowest BCUT2D eigenvalue weighted by molar-refractivity contribution is 0.219. The van der Waals surface area contributed by atoms with Crippen LogP contribution >= 0.6 is 0 Å². The molecular weight excluding hydrogens is 234 g/mol. The molecule has 1 aliphatic rings. The van der Waals surface area contributed by atoms with Crippen LogP contribution in [0.25, 0.3) is 0 Å². The van der Waals surface area contributed by atoms with E-state index < -0.39 is 0 Å². The van der Waals surface area contributed by atoms with Crippen LogP contribution in [0.4, 0.5) is 5.69 Å². The summed E-state index contributed by atoms with van der Waals surface area (Å²) in [5, 5.41) is 12.6. The fourth-order valence-electron chi connectivity index (χ4n) is 2.68. The van der Waals surface area contributed by atoms with Gasteiger partial charge < -0.3 is 10.2 Å². The first kappa shape index (κ1) is 13.9. The Morgan fingerprint density at radius 3 is 2.74 bits per heavy atom. The highest BCUT2D eigenvalue weighted by atomic mass is 15.1. The van der Waals surface area contributed by atoms with Crippen molar-refractivity contribution in [2.75, 3.05) is 25.0 Å². The molecule has 0 aromatic heterocycles. The summed E-state index contributed by atoms with van der Waals surface area (Å²) in [6.07, 6.45) is 3.62. The maximum absolute atomic E-state index is 8.97. The summed E-state index contributed by atoms with van der Waals surface area (Å²) in [4.78, 5) is 2.54. The van der Waals surface area contributed by atoms with Crippen LogP contribution < -0.4 is 5.32 Å². The normalized spacial score (nSPS) is 17.1. The third kappa shape index (κ3) is 3.71. The largest absolute Gasteiger partial charge is 0.382 e. The number of aryl methyl sites for hydroxylation is 1. The summed E-state index contributed by atoms with van der Waals surface area (Å²) < 4.78 is 0. The van der Waals surface area contributed by atoms with Crippen LogP contribution in [0.5, 0.6) is 0 Å². The second-order valence-electron chi connectivity index (χ2n) is 5.40. The van der Waals surface area contributed by atoms with Gasteiger partial charge in [0, 0.05) is 24.8 Å². The van der Waals surface area contributed by atoms with Crippen LogP contribution in [0.3, 0.4) is 0 Å². The van der Waals surface area contributed by atoms with E-state index in [-0.39, 0.29) is 0 Å². The zero-order valence-corrected chi connectivity index (χ0v) is 11.9. The molecule has 0 bridgehead atoms. The van der Waals surface area contributed by atoms with Gasteiger partial charge in [-0.2, -0.15) is 5.26 Å². The number of anilines is 1. The molecule has 1 N–H and O–H groups in total. The molecule has 0 spiro atoms. The predicted octanol–water partition coefficient (Wildman–Crippen LogP) is 3.15. The molecule has 19 heavy (non-hydrogen) atoms. The van der Waals surface area contributed by atoms with Crippen molar-refractivity contribution in [3.05, 3.63) is 29.3 Å². The number of rotatable bonds is 4. The number of nitrogens with one attached hydrogen (secondary N) is 1. The van der Waals surface area contributed by atoms with E-state index in [4.69, 9.17) is 5.26 Å². The number of benzene rings is 1. The Morgan fingerprint density at radius 2 is 2.11 bits per heavy atom. The van der Waals surface area contributed by atoms with E-state index in [2.05, 4.69) is 30.1 Å². The lowest BCUT2D eigenvalue weighted by atomic mass is 10.0. The molecular formula is C16H23N3. The molecule has 1 aliphatic heterocycles. The SMILES string of the molecule is CCCN1CCC(Nc2cc(C#N)ccc2C)CC1. The Bertz CT molecular complexity index is 454. The quantitative estimate of drug-likeness (QED) is 0.900. The number of hydrogen-bond acceptors (Lipinski definition) is 3. The second-order valence-corrected chi connectivity index (χ2v) is 5.40. The minimum absolute atomic E-state index is 0.542. The first-order chi connectivity index (χ1) is 9.22. The molecule has 0 atom stereocenters. The second kappa shape index (κ2) is 6.58. The van der Waals surface area contributed by atoms with Gasteiger partial charge in [0.05, 0.1) is 11.6 Å². The molecule has 102 valence electrons. The van der Waals surface area contributed by atoms with Gasteiger partial charge in [-0.1, -0.05) is 13.0 Å². The van der Waals surface area contributed by atoms with E-state index >= 15 is 0 Å². The van der Waals surface area contributed by atoms with Gasteiger partial charge in [0.2, 0.25) is 0 Å². The number of piperidine rings is 1. The van der Waals surface area contributed by atoms with E-state index in [1.165, 1.54) is 44.5 Å². The third-order valence-corrected chi connectivity index (χ3v) is 3.85. The summed E-state index contributed by atoms with van der Waals surface area (Å²) in [7, 11) is 0. The number of likely N-dealkylation sites (tertiary alicyclic amines) is 1. The zero-order valence-electron chi connectivity index (χ0n) is 11.9. The highest BCUT2D eigenvalue weighted by Gasteiger charge is 2.18. The zero-order chi connectivity index (χ0) is 13.7. The molecule has 0 radical (unpaired) electrons. The van der Waals surface area contributed by atoms with E-state index in [0.29, 0.717) is 6.04 Å². The molecule has 0 saturated carbocycles. The van der Waals surface area contributed by atoms with Gasteiger partial charge in [-0.3, -0.25) is 0 Å². The van der Waals surface area contributed by atoms with Crippen LogP contribution in [-0.2, 0) is 0 Å². The molecule has 0 amide bonds. The van der Waals surface area contributed by atoms with Crippen molar-refractivity contribution in [2.45, 2.75) is 39.2 Å². The molecule has 2 rings (SSSR count). The summed E-state index contributed by atoms with van der Waals surface area (Å²) in [5.41, 5.74) is 3.07. The van der Waals surface area contributed by atoms with Crippen molar-refractivity contribution in [1.29, 1.82) is 5.26 Å². The predicted molar refractivity (Wildman–Crippen MR) is 79.3 cm³/mol. The van der Waals surface area contributed by atoms with Crippen molar-refractivity contribution in [3.8, 4) is 6.07 Å². The monoisotopic (exact) mass is 257 g/mol. The fourth-order valence-corrected chi connectivity index (χ4v) is 2.68. The standard InChI is InChI=1S/C16H23N3/c1-3-8-19-9-6-15(7-10-19)18-16-11-14(12-17)5-4-13(16)2/h4-5,11,15,18H,3,6-10H2,1-2H3. The van der Waals surface area contributed by atoms with Gasteiger partial charge in [-0.25, -0.2) is 0 Å². The smallest absolute Gasteiger partial charge is 0.0992 e. The average molecular weight is 257 g/mol. The summed E-state index contributed by atoms with van der Waals surface area (Å²) >= 11 is 0. The molecule has 1 aromatic rings. The van der Waals surface area contributed by atoms with E-state index in [1.807, 2.05) is 18.2 Å². The fraction of sp³-hybridized carbons (Fsp3) is 0.562. The Kier molecular flexibility index (Phi) is 4.81. The molecule has 1 saturated heterocycles. The molecule has 1 heterocycles. The van der Waals surface area contributed by atoms with Crippen LogP contribution in [0.2, 0.25) is 0 Å². The molecule has 1 fully saturated rings. The van der Waals surface area contributed by atoms with Crippen molar-refractivity contribution >= 4 is 5.69 Å². The van der Waals surface area contributed by atoms with Crippen LogP contribution in [0, 0.1) is 18.3 Å². The average Bonchev–Trinajstić information content (AvgIpc) is 2.44. The van der Waals surface area contributed by atoms with E-state index in [1.54, 1.807) is 0 Å². The van der Waals surface area contributed by atoms with Crippen molar-refractivity contribution in [3.63, 3.8) is 0 Å². The molecule has 3 nitrogen and oxygen atoms in total. The number of hydrogen-bond donors (Lipinski definition) is 1. The van der Waals surface area contributed by atoms with Crippen molar-refractivity contribution in [2.24, 2.45) is 0 Å². The minimum atomic E-state index is 0.542. The van der Waals surface area contributed by atoms with Crippen molar-refractivity contribution < 1.29 is 0 Å². The Hall–Kier alpha value is -1.53. The van der Waals surface area contributed by atoms with Gasteiger partial charge in [-0.05, 0) is 50.4 Å². The lowest BCUT2D eigenvalue weighted by Crippen LogP contribution is -2.39. The third-order valence-electron chi connectivity index (χ3n) is 3.85. The Morgan fingerprint density at radius 1 is 1.37 bits per heavy atom. The summed E-state index contributed by atoms with van der Waals surface area (Å²) in [6, 6.07) is 8.62. The molecule has 0 aliphatic carbocycles. The molecule has 1 aromatic carbocycles. The van der Waals surface area contributed by atoms with E-state index in [9.17, 15) is 0 Å². The van der Waals surface area contributed by atoms with Gasteiger partial charge in [0.15, 0.2) is 0 Å².